The van der Waals surface area contributed by atoms with Gasteiger partial charge in [-0.05, 0) is 29.9 Å². The Labute approximate surface area is 93.7 Å². The third-order valence-corrected chi connectivity index (χ3v) is 1.65. The second-order valence-electron chi connectivity index (χ2n) is 2.56. The van der Waals surface area contributed by atoms with Gasteiger partial charge in [-0.1, -0.05) is 11.2 Å². The van der Waals surface area contributed by atoms with E-state index in [1.54, 1.807) is 24.7 Å². The van der Waals surface area contributed by atoms with Gasteiger partial charge in [-0.25, -0.2) is 0 Å². The summed E-state index contributed by atoms with van der Waals surface area (Å²) in [4.78, 5) is 8.75. The van der Waals surface area contributed by atoms with Gasteiger partial charge in [0, 0.05) is 18.9 Å². The van der Waals surface area contributed by atoms with Crippen molar-refractivity contribution in [2.24, 2.45) is 5.16 Å². The van der Waals surface area contributed by atoms with Crippen LogP contribution in [0.1, 0.15) is 5.56 Å². The van der Waals surface area contributed by atoms with E-state index in [1.165, 1.54) is 0 Å². The molecule has 5 heteroatoms. The van der Waals surface area contributed by atoms with Crippen LogP contribution in [0.2, 0.25) is 0 Å². The van der Waals surface area contributed by atoms with Crippen LogP contribution in [0, 0.1) is 0 Å². The molecule has 0 fully saturated rings. The number of hydrogen-bond acceptors (Lipinski definition) is 4. The van der Waals surface area contributed by atoms with Crippen LogP contribution in [0.5, 0.6) is 0 Å². The first-order chi connectivity index (χ1) is 7.33. The fraction of sp³-hybridized carbons (Fsp3) is 0.100. The minimum Gasteiger partial charge on any atom is -0.341 e. The summed E-state index contributed by atoms with van der Waals surface area (Å²) in [7, 11) is 0. The fourth-order valence-electron chi connectivity index (χ4n) is 0.772. The van der Waals surface area contributed by atoms with Crippen LogP contribution >= 0.6 is 12.2 Å². The summed E-state index contributed by atoms with van der Waals surface area (Å²) in [6.45, 7) is 4.10. The van der Waals surface area contributed by atoms with E-state index >= 15 is 0 Å². The highest BCUT2D eigenvalue weighted by Crippen LogP contribution is 1.91. The second kappa shape index (κ2) is 6.67. The fourth-order valence-corrected chi connectivity index (χ4v) is 0.899. The van der Waals surface area contributed by atoms with E-state index in [-0.39, 0.29) is 5.17 Å². The van der Waals surface area contributed by atoms with E-state index in [0.717, 1.165) is 5.56 Å². The molecule has 0 atom stereocenters. The molecule has 0 spiro atoms. The second-order valence-corrected chi connectivity index (χ2v) is 2.93. The first-order valence-corrected chi connectivity index (χ1v) is 4.73. The van der Waals surface area contributed by atoms with Crippen molar-refractivity contribution >= 4 is 23.6 Å². The van der Waals surface area contributed by atoms with Crippen LogP contribution < -0.4 is 5.32 Å². The standard InChI is InChI=1S/C10H11N3OS/c1-2-5-12-10(15)14-13-8-9-3-6-11-7-4-9/h2-4,6-8H,1,5H2,(H,12,15)/b13-8+. The molecular formula is C10H11N3OS. The van der Waals surface area contributed by atoms with Crippen molar-refractivity contribution in [2.45, 2.75) is 0 Å². The molecule has 15 heavy (non-hydrogen) atoms. The lowest BCUT2D eigenvalue weighted by Gasteiger charge is -2.00. The molecule has 0 bridgehead atoms. The van der Waals surface area contributed by atoms with Crippen molar-refractivity contribution in [3.8, 4) is 0 Å². The van der Waals surface area contributed by atoms with E-state index in [9.17, 15) is 0 Å². The van der Waals surface area contributed by atoms with Gasteiger partial charge in [-0.2, -0.15) is 0 Å². The van der Waals surface area contributed by atoms with Crippen molar-refractivity contribution in [3.63, 3.8) is 0 Å². The molecule has 1 rings (SSSR count). The van der Waals surface area contributed by atoms with E-state index < -0.39 is 0 Å². The molecule has 4 nitrogen and oxygen atoms in total. The zero-order valence-electron chi connectivity index (χ0n) is 8.09. The highest BCUT2D eigenvalue weighted by atomic mass is 32.1. The minimum absolute atomic E-state index is 0.222. The van der Waals surface area contributed by atoms with E-state index in [0.29, 0.717) is 6.54 Å². The maximum Gasteiger partial charge on any atom is 0.289 e. The molecule has 0 aromatic carbocycles. The molecule has 0 aliphatic rings. The van der Waals surface area contributed by atoms with Crippen molar-refractivity contribution < 1.29 is 4.84 Å². The number of rotatable bonds is 4. The molecular weight excluding hydrogens is 210 g/mol. The number of nitrogens with one attached hydrogen (secondary N) is 1. The van der Waals surface area contributed by atoms with Crippen molar-refractivity contribution in [1.29, 1.82) is 0 Å². The average molecular weight is 221 g/mol. The van der Waals surface area contributed by atoms with E-state index in [2.05, 4.69) is 22.0 Å². The largest absolute Gasteiger partial charge is 0.341 e. The summed E-state index contributed by atoms with van der Waals surface area (Å²) in [6.07, 6.45) is 6.59. The molecule has 0 aliphatic heterocycles. The molecule has 1 heterocycles. The highest BCUT2D eigenvalue weighted by Gasteiger charge is 1.91. The number of hydrogen-bond donors (Lipinski definition) is 1. The molecule has 0 radical (unpaired) electrons. The number of thiocarbonyl (C=S) groups is 1. The summed E-state index contributed by atoms with van der Waals surface area (Å²) in [5, 5.41) is 6.71. The maximum atomic E-state index is 4.87. The van der Waals surface area contributed by atoms with E-state index in [4.69, 9.17) is 17.1 Å². The minimum atomic E-state index is 0.222. The van der Waals surface area contributed by atoms with Crippen LogP contribution in [0.15, 0.2) is 42.3 Å². The predicted molar refractivity (Wildman–Crippen MR) is 63.7 cm³/mol. The lowest BCUT2D eigenvalue weighted by molar-refractivity contribution is 0.325. The molecule has 0 aliphatic carbocycles. The number of aromatic nitrogens is 1. The Morgan fingerprint density at radius 3 is 3.00 bits per heavy atom. The smallest absolute Gasteiger partial charge is 0.289 e. The van der Waals surface area contributed by atoms with Gasteiger partial charge in [0.2, 0.25) is 0 Å². The third kappa shape index (κ3) is 4.87. The summed E-state index contributed by atoms with van der Waals surface area (Å²) in [5.74, 6) is 0. The SMILES string of the molecule is C=CCNC(=S)O/N=C/c1ccncc1. The Morgan fingerprint density at radius 1 is 1.60 bits per heavy atom. The quantitative estimate of drug-likeness (QED) is 0.362. The van der Waals surface area contributed by atoms with Crippen LogP contribution in [0.25, 0.3) is 0 Å². The Bertz CT molecular complexity index is 351. The number of oxime groups is 1. The number of pyridine rings is 1. The van der Waals surface area contributed by atoms with Gasteiger partial charge in [0.15, 0.2) is 0 Å². The molecule has 0 saturated heterocycles. The van der Waals surface area contributed by atoms with Gasteiger partial charge in [0.1, 0.15) is 0 Å². The lowest BCUT2D eigenvalue weighted by Crippen LogP contribution is -2.22. The van der Waals surface area contributed by atoms with Crippen LogP contribution in [-0.4, -0.2) is 22.9 Å². The van der Waals surface area contributed by atoms with Gasteiger partial charge in [-0.15, -0.1) is 6.58 Å². The van der Waals surface area contributed by atoms with Crippen LogP contribution in [0.4, 0.5) is 0 Å². The van der Waals surface area contributed by atoms with Crippen molar-refractivity contribution in [1.82, 2.24) is 10.3 Å². The molecule has 0 saturated carbocycles. The summed E-state index contributed by atoms with van der Waals surface area (Å²) < 4.78 is 0. The van der Waals surface area contributed by atoms with Crippen molar-refractivity contribution in [3.05, 3.63) is 42.7 Å². The summed E-state index contributed by atoms with van der Waals surface area (Å²) >= 11 is 4.83. The Morgan fingerprint density at radius 2 is 2.33 bits per heavy atom. The maximum absolute atomic E-state index is 4.87. The summed E-state index contributed by atoms with van der Waals surface area (Å²) in [5.41, 5.74) is 0.900. The highest BCUT2D eigenvalue weighted by molar-refractivity contribution is 7.80. The Kier molecular flexibility index (Phi) is 5.03. The average Bonchev–Trinajstić information content (AvgIpc) is 2.28. The zero-order valence-corrected chi connectivity index (χ0v) is 8.91. The monoisotopic (exact) mass is 221 g/mol. The molecule has 0 unspecified atom stereocenters. The van der Waals surface area contributed by atoms with Gasteiger partial charge >= 0.3 is 0 Å². The third-order valence-electron chi connectivity index (χ3n) is 1.43. The normalized spacial score (nSPS) is 9.87. The first kappa shape index (κ1) is 11.3. The molecule has 78 valence electrons. The van der Waals surface area contributed by atoms with Crippen molar-refractivity contribution in [2.75, 3.05) is 6.54 Å². The Balaban J connectivity index is 2.33. The first-order valence-electron chi connectivity index (χ1n) is 4.32. The van der Waals surface area contributed by atoms with Crippen LogP contribution in [-0.2, 0) is 4.84 Å². The topological polar surface area (TPSA) is 46.5 Å². The van der Waals surface area contributed by atoms with Gasteiger partial charge < -0.3 is 10.2 Å². The molecule has 0 amide bonds. The summed E-state index contributed by atoms with van der Waals surface area (Å²) in [6, 6.07) is 3.63. The lowest BCUT2D eigenvalue weighted by atomic mass is 10.3. The predicted octanol–water partition coefficient (Wildman–Crippen LogP) is 1.49. The molecule has 1 aromatic heterocycles. The van der Waals surface area contributed by atoms with Crippen LogP contribution in [0.3, 0.4) is 0 Å². The van der Waals surface area contributed by atoms with E-state index in [1.807, 2.05) is 12.1 Å². The molecule has 1 N–H and O–H groups in total. The van der Waals surface area contributed by atoms with Gasteiger partial charge in [-0.3, -0.25) is 4.98 Å². The molecule has 1 aromatic rings. The Hall–Kier alpha value is -1.75. The number of nitrogens with zero attached hydrogens (tertiary/aromatic N) is 2. The zero-order chi connectivity index (χ0) is 10.9. The van der Waals surface area contributed by atoms with Gasteiger partial charge in [0.05, 0.1) is 6.21 Å². The van der Waals surface area contributed by atoms with Gasteiger partial charge in [0.25, 0.3) is 5.17 Å².